The predicted octanol–water partition coefficient (Wildman–Crippen LogP) is 3.54. The first kappa shape index (κ1) is 21.2. The van der Waals surface area contributed by atoms with E-state index in [9.17, 15) is 13.2 Å². The van der Waals surface area contributed by atoms with Gasteiger partial charge < -0.3 is 14.8 Å². The summed E-state index contributed by atoms with van der Waals surface area (Å²) in [6.07, 6.45) is 0. The molecule has 0 aliphatic heterocycles. The number of hydrogen-bond acceptors (Lipinski definition) is 5. The van der Waals surface area contributed by atoms with Crippen LogP contribution in [0.4, 0.5) is 11.4 Å². The molecule has 3 aromatic rings. The Bertz CT molecular complexity index is 1080. The third kappa shape index (κ3) is 5.09. The van der Waals surface area contributed by atoms with Crippen LogP contribution in [0.3, 0.4) is 0 Å². The molecule has 0 bridgehead atoms. The molecule has 0 saturated heterocycles. The first-order valence-corrected chi connectivity index (χ1v) is 10.5. The Morgan fingerprint density at radius 3 is 2.10 bits per heavy atom. The number of anilines is 2. The van der Waals surface area contributed by atoms with Crippen molar-refractivity contribution in [2.24, 2.45) is 0 Å². The summed E-state index contributed by atoms with van der Waals surface area (Å²) in [5.41, 5.74) is 1.11. The number of benzene rings is 3. The van der Waals surface area contributed by atoms with Crippen molar-refractivity contribution in [1.29, 1.82) is 0 Å². The molecule has 0 saturated carbocycles. The Kier molecular flexibility index (Phi) is 6.58. The van der Waals surface area contributed by atoms with Crippen molar-refractivity contribution in [3.63, 3.8) is 0 Å². The molecule has 0 spiro atoms. The monoisotopic (exact) mass is 426 g/mol. The van der Waals surface area contributed by atoms with E-state index in [-0.39, 0.29) is 17.4 Å². The van der Waals surface area contributed by atoms with Crippen molar-refractivity contribution in [2.75, 3.05) is 30.4 Å². The molecule has 0 heterocycles. The average Bonchev–Trinajstić information content (AvgIpc) is 2.78. The zero-order chi connectivity index (χ0) is 21.6. The van der Waals surface area contributed by atoms with Gasteiger partial charge in [0, 0.05) is 12.7 Å². The van der Waals surface area contributed by atoms with Crippen LogP contribution in [0.5, 0.6) is 11.5 Å². The molecule has 0 aliphatic carbocycles. The van der Waals surface area contributed by atoms with E-state index in [1.165, 1.54) is 11.4 Å². The molecule has 8 heteroatoms. The van der Waals surface area contributed by atoms with Gasteiger partial charge in [-0.1, -0.05) is 18.2 Å². The summed E-state index contributed by atoms with van der Waals surface area (Å²) in [7, 11) is -0.593. The number of nitrogens with one attached hydrogen (secondary N) is 1. The zero-order valence-corrected chi connectivity index (χ0v) is 17.4. The van der Waals surface area contributed by atoms with Gasteiger partial charge in [-0.3, -0.25) is 9.10 Å². The fraction of sp³-hybridized carbons (Fsp3) is 0.136. The smallest absolute Gasteiger partial charge is 0.264 e. The minimum atomic E-state index is -3.65. The fourth-order valence-electron chi connectivity index (χ4n) is 2.66. The second kappa shape index (κ2) is 9.32. The fourth-order valence-corrected chi connectivity index (χ4v) is 3.88. The van der Waals surface area contributed by atoms with Crippen LogP contribution in [0.1, 0.15) is 0 Å². The normalized spacial score (nSPS) is 10.9. The van der Waals surface area contributed by atoms with Crippen LogP contribution in [0.25, 0.3) is 0 Å². The summed E-state index contributed by atoms with van der Waals surface area (Å²) in [6.45, 7) is -0.177. The number of methoxy groups -OCH3 is 1. The number of nitrogens with zero attached hydrogens (tertiary/aromatic N) is 1. The number of carbonyl (C=O) groups is 1. The van der Waals surface area contributed by atoms with Crippen LogP contribution in [-0.4, -0.2) is 35.1 Å². The Morgan fingerprint density at radius 2 is 1.50 bits per heavy atom. The number of sulfonamides is 1. The van der Waals surface area contributed by atoms with E-state index >= 15 is 0 Å². The Morgan fingerprint density at radius 1 is 0.900 bits per heavy atom. The summed E-state index contributed by atoms with van der Waals surface area (Å²) in [6, 6.07) is 21.6. The molecule has 0 aliphatic rings. The lowest BCUT2D eigenvalue weighted by Gasteiger charge is -2.19. The zero-order valence-electron chi connectivity index (χ0n) is 16.6. The highest BCUT2D eigenvalue weighted by Crippen LogP contribution is 2.24. The molecule has 3 aromatic carbocycles. The van der Waals surface area contributed by atoms with Gasteiger partial charge in [0.15, 0.2) is 6.61 Å². The van der Waals surface area contributed by atoms with Gasteiger partial charge in [0.05, 0.1) is 17.7 Å². The van der Waals surface area contributed by atoms with E-state index in [0.717, 1.165) is 0 Å². The maximum atomic E-state index is 12.7. The Balaban J connectivity index is 1.58. The molecular formula is C22H22N2O5S. The Labute approximate surface area is 175 Å². The maximum Gasteiger partial charge on any atom is 0.264 e. The van der Waals surface area contributed by atoms with E-state index < -0.39 is 10.0 Å². The Hall–Kier alpha value is -3.52. The maximum absolute atomic E-state index is 12.7. The summed E-state index contributed by atoms with van der Waals surface area (Å²) < 4.78 is 37.1. The summed E-state index contributed by atoms with van der Waals surface area (Å²) in [5, 5.41) is 2.72. The molecule has 0 atom stereocenters. The number of hydrogen-bond donors (Lipinski definition) is 1. The minimum absolute atomic E-state index is 0.177. The molecule has 30 heavy (non-hydrogen) atoms. The molecule has 7 nitrogen and oxygen atoms in total. The first-order chi connectivity index (χ1) is 14.4. The lowest BCUT2D eigenvalue weighted by molar-refractivity contribution is -0.118. The first-order valence-electron chi connectivity index (χ1n) is 9.11. The second-order valence-electron chi connectivity index (χ2n) is 6.34. The third-order valence-corrected chi connectivity index (χ3v) is 6.15. The van der Waals surface area contributed by atoms with E-state index in [2.05, 4.69) is 5.32 Å². The topological polar surface area (TPSA) is 84.9 Å². The molecule has 0 unspecified atom stereocenters. The van der Waals surface area contributed by atoms with E-state index in [1.54, 1.807) is 86.0 Å². The number of amides is 1. The number of carbonyl (C=O) groups excluding carboxylic acids is 1. The van der Waals surface area contributed by atoms with Gasteiger partial charge in [0.2, 0.25) is 0 Å². The summed E-state index contributed by atoms with van der Waals surface area (Å²) >= 11 is 0. The standard InChI is InChI=1S/C22H22N2O5S/c1-24(30(26,27)21-6-4-3-5-7-21)18-10-14-20(15-11-18)29-16-22(25)23-17-8-12-19(28-2)13-9-17/h3-15H,16H2,1-2H3,(H,23,25). The lowest BCUT2D eigenvalue weighted by Crippen LogP contribution is -2.26. The average molecular weight is 426 g/mol. The molecule has 0 fully saturated rings. The van der Waals surface area contributed by atoms with E-state index in [1.807, 2.05) is 0 Å². The van der Waals surface area contributed by atoms with Crippen molar-refractivity contribution in [3.05, 3.63) is 78.9 Å². The molecule has 0 radical (unpaired) electrons. The molecule has 0 aromatic heterocycles. The summed E-state index contributed by atoms with van der Waals surface area (Å²) in [5.74, 6) is 0.839. The van der Waals surface area contributed by atoms with Crippen molar-refractivity contribution in [3.8, 4) is 11.5 Å². The molecule has 3 rings (SSSR count). The highest BCUT2D eigenvalue weighted by atomic mass is 32.2. The van der Waals surface area contributed by atoms with E-state index in [4.69, 9.17) is 9.47 Å². The third-order valence-electron chi connectivity index (χ3n) is 4.35. The van der Waals surface area contributed by atoms with Gasteiger partial charge in [-0.15, -0.1) is 0 Å². The van der Waals surface area contributed by atoms with Crippen LogP contribution in [-0.2, 0) is 14.8 Å². The van der Waals surface area contributed by atoms with Gasteiger partial charge in [0.25, 0.3) is 15.9 Å². The number of ether oxygens (including phenoxy) is 2. The highest BCUT2D eigenvalue weighted by Gasteiger charge is 2.20. The molecule has 1 N–H and O–H groups in total. The SMILES string of the molecule is COc1ccc(NC(=O)COc2ccc(N(C)S(=O)(=O)c3ccccc3)cc2)cc1. The predicted molar refractivity (Wildman–Crippen MR) is 116 cm³/mol. The molecular weight excluding hydrogens is 404 g/mol. The van der Waals surface area contributed by atoms with Gasteiger partial charge >= 0.3 is 0 Å². The summed E-state index contributed by atoms with van der Waals surface area (Å²) in [4.78, 5) is 12.3. The minimum Gasteiger partial charge on any atom is -0.497 e. The van der Waals surface area contributed by atoms with Crippen molar-refractivity contribution >= 4 is 27.3 Å². The van der Waals surface area contributed by atoms with Crippen LogP contribution in [0, 0.1) is 0 Å². The van der Waals surface area contributed by atoms with Crippen molar-refractivity contribution < 1.29 is 22.7 Å². The van der Waals surface area contributed by atoms with Gasteiger partial charge in [-0.25, -0.2) is 8.42 Å². The van der Waals surface area contributed by atoms with Crippen molar-refractivity contribution in [1.82, 2.24) is 0 Å². The number of rotatable bonds is 8. The van der Waals surface area contributed by atoms with Crippen LogP contribution in [0.2, 0.25) is 0 Å². The van der Waals surface area contributed by atoms with Gasteiger partial charge in [-0.05, 0) is 60.7 Å². The van der Waals surface area contributed by atoms with Crippen LogP contribution in [0.15, 0.2) is 83.8 Å². The van der Waals surface area contributed by atoms with Crippen LogP contribution < -0.4 is 19.1 Å². The van der Waals surface area contributed by atoms with Crippen LogP contribution >= 0.6 is 0 Å². The van der Waals surface area contributed by atoms with E-state index in [0.29, 0.717) is 22.9 Å². The highest BCUT2D eigenvalue weighted by molar-refractivity contribution is 7.92. The second-order valence-corrected chi connectivity index (χ2v) is 8.31. The van der Waals surface area contributed by atoms with Gasteiger partial charge in [-0.2, -0.15) is 0 Å². The lowest BCUT2D eigenvalue weighted by atomic mass is 10.3. The quantitative estimate of drug-likeness (QED) is 0.596. The van der Waals surface area contributed by atoms with Crippen molar-refractivity contribution in [2.45, 2.75) is 4.90 Å². The molecule has 156 valence electrons. The molecule has 1 amide bonds. The largest absolute Gasteiger partial charge is 0.497 e. The van der Waals surface area contributed by atoms with Gasteiger partial charge in [0.1, 0.15) is 11.5 Å².